The van der Waals surface area contributed by atoms with Gasteiger partial charge in [-0.3, -0.25) is 14.4 Å². The number of aromatic nitrogens is 2. The molecular formula is C25H25BrN4O2S. The summed E-state index contributed by atoms with van der Waals surface area (Å²) < 4.78 is 8.51. The van der Waals surface area contributed by atoms with Crippen molar-refractivity contribution >= 4 is 50.9 Å². The second kappa shape index (κ2) is 9.49. The SMILES string of the molecule is CCc1ccccc1N1C(=O)/C(=C\c2ccc(OC)c(Cn3nc(C)c(Br)c3C)c2)NC1=S. The van der Waals surface area contributed by atoms with E-state index < -0.39 is 0 Å². The van der Waals surface area contributed by atoms with Crippen molar-refractivity contribution in [1.29, 1.82) is 0 Å². The average Bonchev–Trinajstić information content (AvgIpc) is 3.22. The maximum Gasteiger partial charge on any atom is 0.281 e. The lowest BCUT2D eigenvalue weighted by Gasteiger charge is -2.17. The van der Waals surface area contributed by atoms with E-state index in [1.807, 2.05) is 67.1 Å². The van der Waals surface area contributed by atoms with Crippen molar-refractivity contribution in [2.24, 2.45) is 0 Å². The number of halogens is 1. The van der Waals surface area contributed by atoms with Crippen LogP contribution in [0.3, 0.4) is 0 Å². The molecule has 1 aliphatic rings. The fourth-order valence-corrected chi connectivity index (χ4v) is 4.53. The second-order valence-corrected chi connectivity index (χ2v) is 9.00. The minimum atomic E-state index is -0.166. The summed E-state index contributed by atoms with van der Waals surface area (Å²) in [6.07, 6.45) is 2.63. The van der Waals surface area contributed by atoms with E-state index in [-0.39, 0.29) is 5.91 Å². The lowest BCUT2D eigenvalue weighted by atomic mass is 10.1. The van der Waals surface area contributed by atoms with Crippen molar-refractivity contribution in [3.05, 3.63) is 80.7 Å². The normalized spacial score (nSPS) is 14.8. The Balaban J connectivity index is 1.66. The molecule has 2 heterocycles. The smallest absolute Gasteiger partial charge is 0.281 e. The molecule has 4 rings (SSSR count). The van der Waals surface area contributed by atoms with Crippen LogP contribution in [0.5, 0.6) is 5.75 Å². The van der Waals surface area contributed by atoms with Gasteiger partial charge < -0.3 is 10.1 Å². The van der Waals surface area contributed by atoms with Crippen LogP contribution in [0, 0.1) is 13.8 Å². The van der Waals surface area contributed by atoms with Gasteiger partial charge in [-0.2, -0.15) is 5.10 Å². The number of thiocarbonyl (C=S) groups is 1. The maximum atomic E-state index is 13.2. The largest absolute Gasteiger partial charge is 0.496 e. The van der Waals surface area contributed by atoms with E-state index in [0.29, 0.717) is 17.4 Å². The van der Waals surface area contributed by atoms with Crippen LogP contribution in [0.4, 0.5) is 5.69 Å². The number of ether oxygens (including phenoxy) is 1. The second-order valence-electron chi connectivity index (χ2n) is 7.82. The molecule has 1 aromatic heterocycles. The summed E-state index contributed by atoms with van der Waals surface area (Å²) in [5.74, 6) is 0.598. The van der Waals surface area contributed by atoms with Crippen molar-refractivity contribution < 1.29 is 9.53 Å². The molecular weight excluding hydrogens is 500 g/mol. The molecule has 3 aromatic rings. The van der Waals surface area contributed by atoms with Crippen LogP contribution in [0.15, 0.2) is 52.6 Å². The predicted octanol–water partition coefficient (Wildman–Crippen LogP) is 5.14. The number of nitrogens with one attached hydrogen (secondary N) is 1. The van der Waals surface area contributed by atoms with Gasteiger partial charge in [0.25, 0.3) is 5.91 Å². The number of hydrogen-bond donors (Lipinski definition) is 1. The quantitative estimate of drug-likeness (QED) is 0.357. The first-order valence-corrected chi connectivity index (χ1v) is 11.9. The molecule has 0 unspecified atom stereocenters. The monoisotopic (exact) mass is 524 g/mol. The van der Waals surface area contributed by atoms with E-state index in [4.69, 9.17) is 17.0 Å². The van der Waals surface area contributed by atoms with Crippen LogP contribution in [0.1, 0.15) is 35.0 Å². The molecule has 33 heavy (non-hydrogen) atoms. The first-order chi connectivity index (χ1) is 15.8. The van der Waals surface area contributed by atoms with Gasteiger partial charge in [0.05, 0.1) is 35.2 Å². The summed E-state index contributed by atoms with van der Waals surface area (Å²) in [6.45, 7) is 6.60. The van der Waals surface area contributed by atoms with Gasteiger partial charge in [-0.25, -0.2) is 0 Å². The minimum absolute atomic E-state index is 0.166. The molecule has 0 aliphatic carbocycles. The van der Waals surface area contributed by atoms with E-state index in [9.17, 15) is 4.79 Å². The molecule has 6 nitrogen and oxygen atoms in total. The standard InChI is InChI=1S/C25H25BrN4O2S/c1-5-18-8-6-7-9-21(18)30-24(31)20(27-25(30)33)13-17-10-11-22(32-4)19(12-17)14-29-16(3)23(26)15(2)28-29/h6-13H,5,14H2,1-4H3,(H,27,33)/b20-13+. The number of anilines is 1. The fraction of sp³-hybridized carbons (Fsp3) is 0.240. The van der Waals surface area contributed by atoms with Gasteiger partial charge in [-0.1, -0.05) is 31.2 Å². The van der Waals surface area contributed by atoms with E-state index in [2.05, 4.69) is 33.3 Å². The molecule has 1 aliphatic heterocycles. The third-order valence-electron chi connectivity index (χ3n) is 5.72. The number of rotatable bonds is 6. The molecule has 2 aromatic carbocycles. The van der Waals surface area contributed by atoms with Crippen LogP contribution >= 0.6 is 28.1 Å². The highest BCUT2D eigenvalue weighted by Crippen LogP contribution is 2.28. The minimum Gasteiger partial charge on any atom is -0.496 e. The van der Waals surface area contributed by atoms with Crippen LogP contribution in [-0.4, -0.2) is 27.9 Å². The van der Waals surface area contributed by atoms with Gasteiger partial charge in [0, 0.05) is 5.56 Å². The summed E-state index contributed by atoms with van der Waals surface area (Å²) in [6, 6.07) is 13.7. The lowest BCUT2D eigenvalue weighted by Crippen LogP contribution is -2.31. The Labute approximate surface area is 207 Å². The van der Waals surface area contributed by atoms with Crippen LogP contribution in [0.2, 0.25) is 0 Å². The lowest BCUT2D eigenvalue weighted by molar-refractivity contribution is -0.113. The number of amides is 1. The van der Waals surface area contributed by atoms with E-state index >= 15 is 0 Å². The van der Waals surface area contributed by atoms with Crippen LogP contribution in [-0.2, 0) is 17.8 Å². The Bertz CT molecular complexity index is 1280. The summed E-state index contributed by atoms with van der Waals surface area (Å²) in [5.41, 5.74) is 6.14. The summed E-state index contributed by atoms with van der Waals surface area (Å²) >= 11 is 9.08. The highest BCUT2D eigenvalue weighted by molar-refractivity contribution is 9.10. The highest BCUT2D eigenvalue weighted by Gasteiger charge is 2.33. The van der Waals surface area contributed by atoms with Gasteiger partial charge in [0.15, 0.2) is 5.11 Å². The van der Waals surface area contributed by atoms with Gasteiger partial charge in [-0.15, -0.1) is 0 Å². The zero-order valence-electron chi connectivity index (χ0n) is 19.0. The molecule has 1 amide bonds. The third-order valence-corrected chi connectivity index (χ3v) is 7.15. The number of methoxy groups -OCH3 is 1. The molecule has 0 atom stereocenters. The molecule has 8 heteroatoms. The number of carbonyl (C=O) groups is 1. The highest BCUT2D eigenvalue weighted by atomic mass is 79.9. The third kappa shape index (κ3) is 4.45. The number of nitrogens with zero attached hydrogens (tertiary/aromatic N) is 3. The first kappa shape index (κ1) is 23.2. The van der Waals surface area contributed by atoms with Crippen molar-refractivity contribution in [2.75, 3.05) is 12.0 Å². The van der Waals surface area contributed by atoms with Crippen molar-refractivity contribution in [1.82, 2.24) is 15.1 Å². The Hall–Kier alpha value is -2.97. The molecule has 0 bridgehead atoms. The van der Waals surface area contributed by atoms with Gasteiger partial charge in [0.2, 0.25) is 0 Å². The van der Waals surface area contributed by atoms with Crippen LogP contribution < -0.4 is 15.0 Å². The predicted molar refractivity (Wildman–Crippen MR) is 139 cm³/mol. The van der Waals surface area contributed by atoms with Gasteiger partial charge >= 0.3 is 0 Å². The molecule has 0 saturated carbocycles. The van der Waals surface area contributed by atoms with E-state index in [1.54, 1.807) is 12.0 Å². The van der Waals surface area contributed by atoms with Crippen molar-refractivity contribution in [2.45, 2.75) is 33.7 Å². The van der Waals surface area contributed by atoms with E-state index in [0.717, 1.165) is 50.4 Å². The Morgan fingerprint density at radius 3 is 2.61 bits per heavy atom. The molecule has 1 N–H and O–H groups in total. The Morgan fingerprint density at radius 2 is 1.94 bits per heavy atom. The van der Waals surface area contributed by atoms with Crippen molar-refractivity contribution in [3.8, 4) is 5.75 Å². The summed E-state index contributed by atoms with van der Waals surface area (Å²) in [5, 5.41) is 8.07. The number of carbonyl (C=O) groups excluding carboxylic acids is 1. The number of aryl methyl sites for hydroxylation is 2. The fourth-order valence-electron chi connectivity index (χ4n) is 3.95. The number of para-hydroxylation sites is 1. The average molecular weight is 525 g/mol. The molecule has 170 valence electrons. The zero-order chi connectivity index (χ0) is 23.7. The maximum absolute atomic E-state index is 13.2. The number of hydrogen-bond acceptors (Lipinski definition) is 4. The van der Waals surface area contributed by atoms with Gasteiger partial charge in [-0.05, 0) is 83.8 Å². The van der Waals surface area contributed by atoms with E-state index in [1.165, 1.54) is 0 Å². The molecule has 0 spiro atoms. The van der Waals surface area contributed by atoms with Crippen molar-refractivity contribution in [3.63, 3.8) is 0 Å². The Kier molecular flexibility index (Phi) is 6.67. The summed E-state index contributed by atoms with van der Waals surface area (Å²) in [4.78, 5) is 14.8. The molecule has 0 radical (unpaired) electrons. The van der Waals surface area contributed by atoms with Gasteiger partial charge in [0.1, 0.15) is 11.4 Å². The zero-order valence-corrected chi connectivity index (χ0v) is 21.4. The first-order valence-electron chi connectivity index (χ1n) is 10.7. The topological polar surface area (TPSA) is 59.4 Å². The summed E-state index contributed by atoms with van der Waals surface area (Å²) in [7, 11) is 1.65. The van der Waals surface area contributed by atoms with Crippen LogP contribution in [0.25, 0.3) is 6.08 Å². The number of benzene rings is 2. The molecule has 1 saturated heterocycles. The Morgan fingerprint density at radius 1 is 1.18 bits per heavy atom. The molecule has 1 fully saturated rings.